The van der Waals surface area contributed by atoms with Gasteiger partial charge in [-0.15, -0.1) is 0 Å². The van der Waals surface area contributed by atoms with Gasteiger partial charge in [0.15, 0.2) is 0 Å². The summed E-state index contributed by atoms with van der Waals surface area (Å²) in [7, 11) is 0. The molecule has 5 atom stereocenters. The number of rotatable bonds is 5. The molecule has 1 aliphatic heterocycles. The fourth-order valence-electron chi connectivity index (χ4n) is 1.95. The molecule has 0 spiro atoms. The number of aliphatic hydroxyl groups is 2. The Morgan fingerprint density at radius 2 is 1.95 bits per heavy atom. The minimum absolute atomic E-state index is 0.127. The fraction of sp³-hybridized carbons (Fsp3) is 0.889. The van der Waals surface area contributed by atoms with Crippen LogP contribution in [-0.4, -0.2) is 59.7 Å². The molecule has 1 aliphatic rings. The van der Waals surface area contributed by atoms with E-state index in [2.05, 4.69) is 25.4 Å². The van der Waals surface area contributed by atoms with Gasteiger partial charge in [0.1, 0.15) is 18.8 Å². The lowest BCUT2D eigenvalue weighted by Gasteiger charge is -2.41. The fourth-order valence-corrected chi connectivity index (χ4v) is 1.95. The highest BCUT2D eigenvalue weighted by Gasteiger charge is 2.42. The second-order valence-electron chi connectivity index (χ2n) is 4.26. The van der Waals surface area contributed by atoms with Crippen LogP contribution >= 0.6 is 0 Å². The predicted molar refractivity (Wildman–Crippen MR) is 66.3 cm³/mol. The minimum atomic E-state index is -1.30. The summed E-state index contributed by atoms with van der Waals surface area (Å²) < 4.78 is 5.40. The quantitative estimate of drug-likeness (QED) is 0.354. The number of carbonyl (C=O) groups is 1. The van der Waals surface area contributed by atoms with Gasteiger partial charge < -0.3 is 20.3 Å². The summed E-state index contributed by atoms with van der Waals surface area (Å²) in [6.45, 7) is 1.06. The van der Waals surface area contributed by atoms with Crippen LogP contribution < -0.4 is 5.32 Å². The SMILES string of the molecule is C[C@@H]1OC(CN=[N+]=[N-])[C@H](O)[C@H](O)C1NC(=O)CN=[N+]=[N-]. The molecular weight excluding hydrogens is 270 g/mol. The van der Waals surface area contributed by atoms with Crippen LogP contribution in [0.25, 0.3) is 20.9 Å². The zero-order valence-corrected chi connectivity index (χ0v) is 10.7. The number of amides is 1. The van der Waals surface area contributed by atoms with Gasteiger partial charge in [-0.1, -0.05) is 10.2 Å². The first-order valence-electron chi connectivity index (χ1n) is 5.84. The maximum atomic E-state index is 11.4. The van der Waals surface area contributed by atoms with Gasteiger partial charge in [0.25, 0.3) is 0 Å². The summed E-state index contributed by atoms with van der Waals surface area (Å²) in [4.78, 5) is 16.4. The molecule has 11 nitrogen and oxygen atoms in total. The van der Waals surface area contributed by atoms with Crippen molar-refractivity contribution >= 4 is 5.91 Å². The molecule has 0 aromatic rings. The Kier molecular flexibility index (Phi) is 6.04. The normalized spacial score (nSPS) is 32.6. The minimum Gasteiger partial charge on any atom is -0.388 e. The van der Waals surface area contributed by atoms with E-state index < -0.39 is 42.9 Å². The molecule has 11 heteroatoms. The van der Waals surface area contributed by atoms with Gasteiger partial charge in [0, 0.05) is 9.82 Å². The molecule has 0 aliphatic carbocycles. The number of ether oxygens (including phenoxy) is 1. The highest BCUT2D eigenvalue weighted by Crippen LogP contribution is 2.21. The van der Waals surface area contributed by atoms with E-state index in [4.69, 9.17) is 15.8 Å². The van der Waals surface area contributed by atoms with Gasteiger partial charge in [-0.2, -0.15) is 0 Å². The topological polar surface area (TPSA) is 176 Å². The van der Waals surface area contributed by atoms with Gasteiger partial charge in [0.2, 0.25) is 5.91 Å². The summed E-state index contributed by atoms with van der Waals surface area (Å²) in [5.74, 6) is -0.594. The Labute approximate surface area is 113 Å². The van der Waals surface area contributed by atoms with Crippen LogP contribution in [0.4, 0.5) is 0 Å². The molecular formula is C9H15N7O4. The van der Waals surface area contributed by atoms with E-state index in [9.17, 15) is 15.0 Å². The average molecular weight is 285 g/mol. The lowest BCUT2D eigenvalue weighted by molar-refractivity contribution is -0.177. The van der Waals surface area contributed by atoms with Crippen molar-refractivity contribution in [2.24, 2.45) is 10.2 Å². The predicted octanol–water partition coefficient (Wildman–Crippen LogP) is -0.399. The first kappa shape index (κ1) is 16.0. The number of hydrogen-bond acceptors (Lipinski definition) is 6. The summed E-state index contributed by atoms with van der Waals surface area (Å²) >= 11 is 0. The lowest BCUT2D eigenvalue weighted by Crippen LogP contribution is -2.63. The van der Waals surface area contributed by atoms with Gasteiger partial charge in [-0.3, -0.25) is 4.79 Å². The molecule has 0 saturated carbocycles. The van der Waals surface area contributed by atoms with Crippen LogP contribution in [0.2, 0.25) is 0 Å². The largest absolute Gasteiger partial charge is 0.388 e. The van der Waals surface area contributed by atoms with E-state index in [1.807, 2.05) is 0 Å². The highest BCUT2D eigenvalue weighted by molar-refractivity contribution is 5.78. The number of hydrogen-bond donors (Lipinski definition) is 3. The number of azide groups is 2. The molecule has 1 amide bonds. The van der Waals surface area contributed by atoms with Crippen LogP contribution in [0.3, 0.4) is 0 Å². The average Bonchev–Trinajstić information content (AvgIpc) is 2.43. The van der Waals surface area contributed by atoms with Crippen molar-refractivity contribution in [3.8, 4) is 0 Å². The Morgan fingerprint density at radius 3 is 2.55 bits per heavy atom. The van der Waals surface area contributed by atoms with Gasteiger partial charge in [0.05, 0.1) is 24.8 Å². The molecule has 1 fully saturated rings. The Balaban J connectivity index is 2.68. The Hall–Kier alpha value is -2.03. The third-order valence-corrected chi connectivity index (χ3v) is 2.92. The number of aliphatic hydroxyl groups excluding tert-OH is 2. The van der Waals surface area contributed by atoms with Gasteiger partial charge >= 0.3 is 0 Å². The van der Waals surface area contributed by atoms with E-state index in [1.165, 1.54) is 0 Å². The maximum absolute atomic E-state index is 11.4. The van der Waals surface area contributed by atoms with Crippen LogP contribution in [0.15, 0.2) is 10.2 Å². The highest BCUT2D eigenvalue weighted by atomic mass is 16.5. The summed E-state index contributed by atoms with van der Waals surface area (Å²) in [5, 5.41) is 28.6. The summed E-state index contributed by atoms with van der Waals surface area (Å²) in [5.41, 5.74) is 16.3. The zero-order valence-electron chi connectivity index (χ0n) is 10.7. The van der Waals surface area contributed by atoms with Crippen molar-refractivity contribution in [1.29, 1.82) is 0 Å². The molecule has 3 N–H and O–H groups in total. The first-order chi connectivity index (χ1) is 9.51. The number of nitrogens with one attached hydrogen (secondary N) is 1. The van der Waals surface area contributed by atoms with Crippen molar-refractivity contribution in [3.63, 3.8) is 0 Å². The van der Waals surface area contributed by atoms with Crippen LogP contribution in [0, 0.1) is 0 Å². The van der Waals surface area contributed by atoms with Crippen LogP contribution in [0.1, 0.15) is 6.92 Å². The molecule has 20 heavy (non-hydrogen) atoms. The molecule has 1 heterocycles. The van der Waals surface area contributed by atoms with E-state index >= 15 is 0 Å². The smallest absolute Gasteiger partial charge is 0.226 e. The molecule has 110 valence electrons. The third-order valence-electron chi connectivity index (χ3n) is 2.92. The molecule has 0 aromatic carbocycles. The Bertz CT molecular complexity index is 446. The van der Waals surface area contributed by atoms with Crippen molar-refractivity contribution in [2.45, 2.75) is 37.4 Å². The zero-order chi connectivity index (χ0) is 15.1. The Morgan fingerprint density at radius 1 is 1.30 bits per heavy atom. The van der Waals surface area contributed by atoms with Crippen LogP contribution in [-0.2, 0) is 9.53 Å². The van der Waals surface area contributed by atoms with Gasteiger partial charge in [-0.05, 0) is 18.0 Å². The standard InChI is InChI=1S/C9H15N7O4/c1-4-7(14-6(17)3-13-16-11)9(19)8(18)5(20-4)2-12-15-10/h4-5,7-9,18-19H,2-3H2,1H3,(H,14,17)/t4-,5?,7?,8-,9+/m0/s1. The number of nitrogens with zero attached hydrogens (tertiary/aromatic N) is 6. The first-order valence-corrected chi connectivity index (χ1v) is 5.84. The second kappa shape index (κ2) is 7.53. The second-order valence-corrected chi connectivity index (χ2v) is 4.26. The maximum Gasteiger partial charge on any atom is 0.226 e. The van der Waals surface area contributed by atoms with E-state index in [-0.39, 0.29) is 6.54 Å². The van der Waals surface area contributed by atoms with Crippen molar-refractivity contribution in [2.75, 3.05) is 13.1 Å². The molecule has 2 unspecified atom stereocenters. The van der Waals surface area contributed by atoms with Crippen molar-refractivity contribution < 1.29 is 19.7 Å². The third kappa shape index (κ3) is 3.98. The molecule has 1 saturated heterocycles. The number of carbonyl (C=O) groups excluding carboxylic acids is 1. The molecule has 0 radical (unpaired) electrons. The van der Waals surface area contributed by atoms with Gasteiger partial charge in [-0.25, -0.2) is 0 Å². The van der Waals surface area contributed by atoms with E-state index in [0.29, 0.717) is 0 Å². The van der Waals surface area contributed by atoms with E-state index in [1.54, 1.807) is 6.92 Å². The van der Waals surface area contributed by atoms with E-state index in [0.717, 1.165) is 0 Å². The summed E-state index contributed by atoms with van der Waals surface area (Å²) in [6, 6.07) is -0.853. The monoisotopic (exact) mass is 285 g/mol. The van der Waals surface area contributed by atoms with Crippen LogP contribution in [0.5, 0.6) is 0 Å². The molecule has 1 rings (SSSR count). The lowest BCUT2D eigenvalue weighted by atomic mass is 9.93. The molecule has 0 bridgehead atoms. The summed E-state index contributed by atoms with van der Waals surface area (Å²) in [6.07, 6.45) is -4.04. The van der Waals surface area contributed by atoms with Crippen molar-refractivity contribution in [3.05, 3.63) is 20.9 Å². The van der Waals surface area contributed by atoms with Crippen molar-refractivity contribution in [1.82, 2.24) is 5.32 Å². The molecule has 0 aromatic heterocycles.